The van der Waals surface area contributed by atoms with Crippen LogP contribution in [0, 0.1) is 5.82 Å². The molecule has 0 atom stereocenters. The second-order valence-electron chi connectivity index (χ2n) is 9.25. The predicted octanol–water partition coefficient (Wildman–Crippen LogP) is 4.53. The average molecular weight is 467 g/mol. The lowest BCUT2D eigenvalue weighted by Crippen LogP contribution is -2.50. The van der Waals surface area contributed by atoms with E-state index in [0.717, 1.165) is 61.3 Å². The van der Waals surface area contributed by atoms with Crippen molar-refractivity contribution in [3.05, 3.63) is 59.7 Å². The molecule has 180 valence electrons. The van der Waals surface area contributed by atoms with Gasteiger partial charge in [0.25, 0.3) is 0 Å². The Morgan fingerprint density at radius 1 is 1.12 bits per heavy atom. The van der Waals surface area contributed by atoms with Gasteiger partial charge in [0, 0.05) is 44.7 Å². The summed E-state index contributed by atoms with van der Waals surface area (Å²) in [5.41, 5.74) is 2.64. The summed E-state index contributed by atoms with van der Waals surface area (Å²) in [6.07, 6.45) is 3.50. The molecule has 2 aromatic carbocycles. The number of rotatable bonds is 5. The molecule has 1 N–H and O–H groups in total. The Morgan fingerprint density at radius 3 is 2.59 bits per heavy atom. The molecule has 8 heteroatoms. The molecule has 0 unspecified atom stereocenters. The third-order valence-electron chi connectivity index (χ3n) is 6.98. The zero-order valence-corrected chi connectivity index (χ0v) is 19.5. The summed E-state index contributed by atoms with van der Waals surface area (Å²) in [6, 6.07) is 13.1. The number of urea groups is 1. The molecule has 34 heavy (non-hydrogen) atoms. The molecule has 2 aliphatic rings. The molecule has 7 nitrogen and oxygen atoms in total. The van der Waals surface area contributed by atoms with Crippen LogP contribution in [-0.2, 0) is 6.54 Å². The highest BCUT2D eigenvalue weighted by atomic mass is 19.1. The number of halogens is 1. The number of nitrogens with zero attached hydrogens (tertiary/aromatic N) is 3. The monoisotopic (exact) mass is 466 g/mol. The number of hydrogen-bond donors (Lipinski definition) is 1. The van der Waals surface area contributed by atoms with Crippen LogP contribution in [0.15, 0.2) is 46.9 Å². The van der Waals surface area contributed by atoms with Gasteiger partial charge >= 0.3 is 6.03 Å². The number of carbonyl (C=O) groups excluding carboxylic acids is 1. The number of fused-ring (bicyclic) bond motifs is 1. The topological polar surface area (TPSA) is 70.8 Å². The van der Waals surface area contributed by atoms with Crippen molar-refractivity contribution in [2.45, 2.75) is 44.2 Å². The molecule has 0 saturated carbocycles. The van der Waals surface area contributed by atoms with Gasteiger partial charge in [-0.05, 0) is 55.5 Å². The molecular weight excluding hydrogens is 435 g/mol. The number of likely N-dealkylation sites (tertiary alicyclic amines) is 2. The Balaban J connectivity index is 1.06. The van der Waals surface area contributed by atoms with Crippen molar-refractivity contribution in [3.63, 3.8) is 0 Å². The Morgan fingerprint density at radius 2 is 1.88 bits per heavy atom. The third kappa shape index (κ3) is 5.01. The Labute approximate surface area is 198 Å². The molecule has 0 bridgehead atoms. The molecule has 2 fully saturated rings. The lowest BCUT2D eigenvalue weighted by Gasteiger charge is -2.35. The minimum atomic E-state index is -0.331. The van der Waals surface area contributed by atoms with E-state index in [4.69, 9.17) is 9.15 Å². The molecule has 2 saturated heterocycles. The van der Waals surface area contributed by atoms with E-state index >= 15 is 0 Å². The van der Waals surface area contributed by atoms with E-state index in [-0.39, 0.29) is 29.6 Å². The quantitative estimate of drug-likeness (QED) is 0.598. The molecule has 1 aromatic heterocycles. The molecule has 2 amide bonds. The van der Waals surface area contributed by atoms with Crippen molar-refractivity contribution < 1.29 is 18.3 Å². The van der Waals surface area contributed by atoms with Crippen LogP contribution in [0.25, 0.3) is 11.1 Å². The normalized spacial score (nSPS) is 18.4. The smallest absolute Gasteiger partial charge is 0.317 e. The molecule has 2 aliphatic heterocycles. The van der Waals surface area contributed by atoms with Gasteiger partial charge in [-0.3, -0.25) is 4.90 Å². The van der Waals surface area contributed by atoms with Crippen molar-refractivity contribution in [3.8, 4) is 5.75 Å². The van der Waals surface area contributed by atoms with Crippen molar-refractivity contribution >= 4 is 17.1 Å². The first-order chi connectivity index (χ1) is 16.6. The van der Waals surface area contributed by atoms with E-state index in [2.05, 4.69) is 15.2 Å². The minimum Gasteiger partial charge on any atom is -0.494 e. The van der Waals surface area contributed by atoms with Crippen LogP contribution in [-0.4, -0.2) is 60.1 Å². The summed E-state index contributed by atoms with van der Waals surface area (Å²) in [5.74, 6) is 0.970. The van der Waals surface area contributed by atoms with Gasteiger partial charge in [-0.15, -0.1) is 0 Å². The zero-order valence-electron chi connectivity index (χ0n) is 19.5. The molecule has 0 radical (unpaired) electrons. The third-order valence-corrected chi connectivity index (χ3v) is 6.98. The van der Waals surface area contributed by atoms with E-state index in [0.29, 0.717) is 19.6 Å². The number of nitrogens with one attached hydrogen (secondary N) is 1. The van der Waals surface area contributed by atoms with Crippen molar-refractivity contribution in [2.24, 2.45) is 0 Å². The predicted molar refractivity (Wildman–Crippen MR) is 127 cm³/mol. The zero-order chi connectivity index (χ0) is 23.5. The van der Waals surface area contributed by atoms with E-state index < -0.39 is 0 Å². The van der Waals surface area contributed by atoms with Crippen molar-refractivity contribution in [1.82, 2.24) is 20.1 Å². The highest BCUT2D eigenvalue weighted by molar-refractivity contribution is 5.75. The van der Waals surface area contributed by atoms with E-state index in [1.165, 1.54) is 13.2 Å². The molecule has 5 rings (SSSR count). The van der Waals surface area contributed by atoms with Crippen LogP contribution in [0.2, 0.25) is 0 Å². The number of ether oxygens (including phenoxy) is 1. The minimum absolute atomic E-state index is 0.0201. The highest BCUT2D eigenvalue weighted by Gasteiger charge is 2.29. The number of para-hydroxylation sites is 2. The van der Waals surface area contributed by atoms with Gasteiger partial charge in [0.2, 0.25) is 0 Å². The van der Waals surface area contributed by atoms with Gasteiger partial charge in [-0.25, -0.2) is 14.2 Å². The number of amides is 2. The average Bonchev–Trinajstić information content (AvgIpc) is 3.30. The number of carbonyl (C=O) groups is 1. The van der Waals surface area contributed by atoms with E-state index in [1.807, 2.05) is 35.2 Å². The van der Waals surface area contributed by atoms with Gasteiger partial charge in [0.15, 0.2) is 23.0 Å². The number of hydrogen-bond acceptors (Lipinski definition) is 5. The van der Waals surface area contributed by atoms with E-state index in [9.17, 15) is 9.18 Å². The number of oxazole rings is 1. The number of piperidine rings is 2. The second kappa shape index (κ2) is 10.0. The first kappa shape index (κ1) is 22.7. The summed E-state index contributed by atoms with van der Waals surface area (Å²) in [6.45, 7) is 3.86. The van der Waals surface area contributed by atoms with Crippen LogP contribution in [0.1, 0.15) is 43.1 Å². The summed E-state index contributed by atoms with van der Waals surface area (Å²) >= 11 is 0. The highest BCUT2D eigenvalue weighted by Crippen LogP contribution is 2.30. The van der Waals surface area contributed by atoms with Gasteiger partial charge in [-0.2, -0.15) is 0 Å². The maximum atomic E-state index is 14.0. The molecule has 3 heterocycles. The van der Waals surface area contributed by atoms with E-state index in [1.54, 1.807) is 6.07 Å². The SMILES string of the molecule is COc1ccc(CN2CCC(NC(=O)N3CCC(c4nc5ccccc5o4)CC3)CC2)cc1F. The molecular formula is C26H31FN4O3. The van der Waals surface area contributed by atoms with Crippen LogP contribution < -0.4 is 10.1 Å². The van der Waals surface area contributed by atoms with Gasteiger partial charge in [0.1, 0.15) is 5.52 Å². The lowest BCUT2D eigenvalue weighted by atomic mass is 9.97. The summed E-state index contributed by atoms with van der Waals surface area (Å²) in [4.78, 5) is 21.7. The van der Waals surface area contributed by atoms with Crippen molar-refractivity contribution in [1.29, 1.82) is 0 Å². The number of methoxy groups -OCH3 is 1. The molecule has 0 spiro atoms. The maximum Gasteiger partial charge on any atom is 0.317 e. The van der Waals surface area contributed by atoms with Crippen LogP contribution in [0.3, 0.4) is 0 Å². The first-order valence-electron chi connectivity index (χ1n) is 12.0. The molecule has 3 aromatic rings. The van der Waals surface area contributed by atoms with Crippen LogP contribution in [0.5, 0.6) is 5.75 Å². The Kier molecular flexibility index (Phi) is 6.67. The summed E-state index contributed by atoms with van der Waals surface area (Å²) < 4.78 is 24.9. The summed E-state index contributed by atoms with van der Waals surface area (Å²) in [5, 5.41) is 3.22. The van der Waals surface area contributed by atoms with Gasteiger partial charge < -0.3 is 19.4 Å². The fourth-order valence-electron chi connectivity index (χ4n) is 4.96. The summed E-state index contributed by atoms with van der Waals surface area (Å²) in [7, 11) is 1.47. The Hall–Kier alpha value is -3.13. The van der Waals surface area contributed by atoms with Crippen LogP contribution >= 0.6 is 0 Å². The number of benzene rings is 2. The van der Waals surface area contributed by atoms with Crippen molar-refractivity contribution in [2.75, 3.05) is 33.3 Å². The lowest BCUT2D eigenvalue weighted by molar-refractivity contribution is 0.157. The Bertz CT molecular complexity index is 1100. The second-order valence-corrected chi connectivity index (χ2v) is 9.25. The fourth-order valence-corrected chi connectivity index (χ4v) is 4.96. The standard InChI is InChI=1S/C26H31FN4O3/c1-33-23-7-6-18(16-21(23)27)17-30-12-10-20(11-13-30)28-26(32)31-14-8-19(9-15-31)25-29-22-4-2-3-5-24(22)34-25/h2-7,16,19-20H,8-15,17H2,1H3,(H,28,32). The largest absolute Gasteiger partial charge is 0.494 e. The first-order valence-corrected chi connectivity index (χ1v) is 12.0. The number of aromatic nitrogens is 1. The van der Waals surface area contributed by atoms with Crippen LogP contribution in [0.4, 0.5) is 9.18 Å². The maximum absolute atomic E-state index is 14.0. The van der Waals surface area contributed by atoms with Gasteiger partial charge in [0.05, 0.1) is 7.11 Å². The van der Waals surface area contributed by atoms with Gasteiger partial charge in [-0.1, -0.05) is 18.2 Å². The fraction of sp³-hybridized carbons (Fsp3) is 0.462. The molecule has 0 aliphatic carbocycles.